The van der Waals surface area contributed by atoms with Gasteiger partial charge in [-0.05, 0) is 50.0 Å². The lowest BCUT2D eigenvalue weighted by molar-refractivity contribution is -0.135. The molecule has 1 heterocycles. The van der Waals surface area contributed by atoms with Crippen LogP contribution in [0.5, 0.6) is 0 Å². The van der Waals surface area contributed by atoms with E-state index in [4.69, 9.17) is 10.5 Å². The van der Waals surface area contributed by atoms with E-state index in [1.807, 2.05) is 4.90 Å². The van der Waals surface area contributed by atoms with Crippen molar-refractivity contribution in [1.82, 2.24) is 4.90 Å². The molecule has 4 nitrogen and oxygen atoms in total. The number of hydrogen-bond donors (Lipinski definition) is 1. The van der Waals surface area contributed by atoms with E-state index in [1.165, 1.54) is 0 Å². The first-order valence-electron chi connectivity index (χ1n) is 9.82. The molecular weight excluding hydrogens is 338 g/mol. The molecule has 2 aliphatic carbocycles. The summed E-state index contributed by atoms with van der Waals surface area (Å²) in [7, 11) is 0. The van der Waals surface area contributed by atoms with Crippen LogP contribution in [0.2, 0.25) is 0 Å². The summed E-state index contributed by atoms with van der Waals surface area (Å²) in [5, 5.41) is 0. The molecule has 1 amide bonds. The minimum atomic E-state index is -1.48. The van der Waals surface area contributed by atoms with Crippen LogP contribution in [0.4, 0.5) is 8.78 Å². The maximum Gasteiger partial charge on any atom is 0.219 e. The van der Waals surface area contributed by atoms with E-state index < -0.39 is 12.0 Å². The van der Waals surface area contributed by atoms with E-state index in [0.29, 0.717) is 12.2 Å². The predicted octanol–water partition coefficient (Wildman–Crippen LogP) is 3.42. The van der Waals surface area contributed by atoms with E-state index in [1.54, 1.807) is 19.1 Å². The molecule has 0 aromatic carbocycles. The number of alkyl halides is 1. The molecule has 0 bridgehead atoms. The standard InChI is InChI=1S/C20H30F2N2O2/c1-13(25)24-11-3-6-18(23)19(24)12-26-15-9-7-14(8-10-15)16-4-2-5-17(21)20(16)22/h2,4,14-15,17-19H,3,5-12,23H2,1H3/t14?,15?,17?,18?,19-/m0/s1. The number of ether oxygens (including phenoxy) is 1. The molecule has 0 spiro atoms. The lowest BCUT2D eigenvalue weighted by Crippen LogP contribution is -2.56. The van der Waals surface area contributed by atoms with Crippen molar-refractivity contribution in [3.8, 4) is 0 Å². The van der Waals surface area contributed by atoms with Gasteiger partial charge in [0.15, 0.2) is 6.17 Å². The van der Waals surface area contributed by atoms with Crippen molar-refractivity contribution in [2.45, 2.75) is 76.2 Å². The van der Waals surface area contributed by atoms with E-state index >= 15 is 0 Å². The summed E-state index contributed by atoms with van der Waals surface area (Å²) in [5.74, 6) is -0.456. The molecule has 2 unspecified atom stereocenters. The van der Waals surface area contributed by atoms with Crippen molar-refractivity contribution in [2.24, 2.45) is 11.7 Å². The quantitative estimate of drug-likeness (QED) is 0.827. The maximum absolute atomic E-state index is 14.0. The molecule has 3 rings (SSSR count). The Hall–Kier alpha value is -1.27. The summed E-state index contributed by atoms with van der Waals surface area (Å²) >= 11 is 0. The number of nitrogens with zero attached hydrogens (tertiary/aromatic N) is 1. The number of allylic oxidation sites excluding steroid dienone is 4. The third-order valence-corrected chi connectivity index (χ3v) is 6.04. The molecular formula is C20H30F2N2O2. The second kappa shape index (κ2) is 8.61. The van der Waals surface area contributed by atoms with Crippen LogP contribution in [0.15, 0.2) is 23.6 Å². The van der Waals surface area contributed by atoms with Gasteiger partial charge < -0.3 is 15.4 Å². The van der Waals surface area contributed by atoms with Crippen LogP contribution in [0, 0.1) is 5.92 Å². The Labute approximate surface area is 154 Å². The number of carbonyl (C=O) groups excluding carboxylic acids is 1. The number of piperidine rings is 1. The number of amides is 1. The van der Waals surface area contributed by atoms with Crippen LogP contribution >= 0.6 is 0 Å². The van der Waals surface area contributed by atoms with Crippen LogP contribution in [-0.2, 0) is 9.53 Å². The fourth-order valence-electron chi connectivity index (χ4n) is 4.48. The highest BCUT2D eigenvalue weighted by Crippen LogP contribution is 2.37. The Balaban J connectivity index is 1.50. The highest BCUT2D eigenvalue weighted by molar-refractivity contribution is 5.73. The summed E-state index contributed by atoms with van der Waals surface area (Å²) in [6.45, 7) is 2.78. The SMILES string of the molecule is CC(=O)N1CCCC(N)[C@@H]1COC1CCC(C2=C(F)C(F)CC=C2)CC1. The average Bonchev–Trinajstić information content (AvgIpc) is 2.63. The highest BCUT2D eigenvalue weighted by Gasteiger charge is 2.33. The van der Waals surface area contributed by atoms with Crippen LogP contribution in [0.1, 0.15) is 51.9 Å². The van der Waals surface area contributed by atoms with Crippen molar-refractivity contribution in [2.75, 3.05) is 13.2 Å². The number of likely N-dealkylation sites (tertiary alicyclic amines) is 1. The lowest BCUT2D eigenvalue weighted by Gasteiger charge is -2.40. The number of hydrogen-bond acceptors (Lipinski definition) is 3. The number of halogens is 2. The number of nitrogens with two attached hydrogens (primary N) is 1. The fraction of sp³-hybridized carbons (Fsp3) is 0.750. The Kier molecular flexibility index (Phi) is 6.46. The molecule has 0 aromatic heterocycles. The van der Waals surface area contributed by atoms with Crippen LogP contribution in [0.3, 0.4) is 0 Å². The predicted molar refractivity (Wildman–Crippen MR) is 96.9 cm³/mol. The van der Waals surface area contributed by atoms with Crippen molar-refractivity contribution in [3.05, 3.63) is 23.6 Å². The van der Waals surface area contributed by atoms with E-state index in [9.17, 15) is 13.6 Å². The molecule has 1 saturated heterocycles. The molecule has 1 aliphatic heterocycles. The fourth-order valence-corrected chi connectivity index (χ4v) is 4.48. The summed E-state index contributed by atoms with van der Waals surface area (Å²) in [6, 6.07) is -0.107. The minimum Gasteiger partial charge on any atom is -0.376 e. The first kappa shape index (κ1) is 19.5. The molecule has 0 radical (unpaired) electrons. The summed E-state index contributed by atoms with van der Waals surface area (Å²) in [5.41, 5.74) is 6.75. The third-order valence-electron chi connectivity index (χ3n) is 6.04. The topological polar surface area (TPSA) is 55.6 Å². The molecule has 3 aliphatic rings. The minimum absolute atomic E-state index is 0.0443. The summed E-state index contributed by atoms with van der Waals surface area (Å²) in [6.07, 6.45) is 7.36. The van der Waals surface area contributed by atoms with Crippen molar-refractivity contribution in [3.63, 3.8) is 0 Å². The van der Waals surface area contributed by atoms with Gasteiger partial charge in [0.25, 0.3) is 0 Å². The third kappa shape index (κ3) is 4.34. The van der Waals surface area contributed by atoms with Gasteiger partial charge in [0.1, 0.15) is 5.83 Å². The molecule has 6 heteroatoms. The van der Waals surface area contributed by atoms with Crippen molar-refractivity contribution >= 4 is 5.91 Å². The number of rotatable bonds is 4. The van der Waals surface area contributed by atoms with Gasteiger partial charge in [-0.15, -0.1) is 0 Å². The van der Waals surface area contributed by atoms with Gasteiger partial charge in [0.05, 0.1) is 18.8 Å². The van der Waals surface area contributed by atoms with Crippen LogP contribution < -0.4 is 5.73 Å². The van der Waals surface area contributed by atoms with E-state index in [0.717, 1.165) is 45.1 Å². The van der Waals surface area contributed by atoms with Crippen LogP contribution in [-0.4, -0.2) is 48.3 Å². The van der Waals surface area contributed by atoms with Crippen molar-refractivity contribution in [1.29, 1.82) is 0 Å². The molecule has 26 heavy (non-hydrogen) atoms. The summed E-state index contributed by atoms with van der Waals surface area (Å²) in [4.78, 5) is 13.6. The van der Waals surface area contributed by atoms with Gasteiger partial charge in [-0.1, -0.05) is 12.2 Å². The average molecular weight is 368 g/mol. The number of carbonyl (C=O) groups is 1. The molecule has 3 atom stereocenters. The van der Waals surface area contributed by atoms with Gasteiger partial charge in [0, 0.05) is 25.9 Å². The van der Waals surface area contributed by atoms with Gasteiger partial charge in [-0.3, -0.25) is 4.79 Å². The highest BCUT2D eigenvalue weighted by atomic mass is 19.2. The van der Waals surface area contributed by atoms with Gasteiger partial charge in [-0.2, -0.15) is 0 Å². The Bertz CT molecular complexity index is 570. The molecule has 0 aromatic rings. The molecule has 146 valence electrons. The first-order valence-corrected chi connectivity index (χ1v) is 9.82. The van der Waals surface area contributed by atoms with E-state index in [2.05, 4.69) is 0 Å². The zero-order chi connectivity index (χ0) is 18.7. The monoisotopic (exact) mass is 368 g/mol. The second-order valence-electron chi connectivity index (χ2n) is 7.80. The Morgan fingerprint density at radius 2 is 2.04 bits per heavy atom. The van der Waals surface area contributed by atoms with Gasteiger partial charge >= 0.3 is 0 Å². The largest absolute Gasteiger partial charge is 0.376 e. The normalized spacial score (nSPS) is 35.7. The zero-order valence-electron chi connectivity index (χ0n) is 15.5. The van der Waals surface area contributed by atoms with Gasteiger partial charge in [0.2, 0.25) is 5.91 Å². The van der Waals surface area contributed by atoms with Crippen molar-refractivity contribution < 1.29 is 18.3 Å². The van der Waals surface area contributed by atoms with E-state index in [-0.39, 0.29) is 36.4 Å². The second-order valence-corrected chi connectivity index (χ2v) is 7.80. The summed E-state index contributed by atoms with van der Waals surface area (Å²) < 4.78 is 33.7. The lowest BCUT2D eigenvalue weighted by atomic mass is 9.80. The first-order chi connectivity index (χ1) is 12.5. The smallest absolute Gasteiger partial charge is 0.219 e. The molecule has 2 N–H and O–H groups in total. The Morgan fingerprint density at radius 1 is 1.31 bits per heavy atom. The van der Waals surface area contributed by atoms with Crippen LogP contribution in [0.25, 0.3) is 0 Å². The Morgan fingerprint density at radius 3 is 2.73 bits per heavy atom. The van der Waals surface area contributed by atoms with Gasteiger partial charge in [-0.25, -0.2) is 8.78 Å². The molecule has 2 fully saturated rings. The zero-order valence-corrected chi connectivity index (χ0v) is 15.5. The molecule has 1 saturated carbocycles. The maximum atomic E-state index is 14.0.